The van der Waals surface area contributed by atoms with Gasteiger partial charge in [-0.15, -0.1) is 0 Å². The van der Waals surface area contributed by atoms with Gasteiger partial charge in [-0.3, -0.25) is 0 Å². The van der Waals surface area contributed by atoms with Gasteiger partial charge in [0.05, 0.1) is 0 Å². The molecular weight excluding hydrogens is 264 g/mol. The van der Waals surface area contributed by atoms with Crippen LogP contribution in [0.25, 0.3) is 0 Å². The zero-order valence-electron chi connectivity index (χ0n) is 13.9. The summed E-state index contributed by atoms with van der Waals surface area (Å²) in [5.74, 6) is 3.23. The van der Waals surface area contributed by atoms with Crippen LogP contribution in [0, 0.1) is 5.92 Å². The van der Waals surface area contributed by atoms with Gasteiger partial charge >= 0.3 is 0 Å². The number of unbranched alkanes of at least 4 members (excludes halogenated alkanes) is 1. The van der Waals surface area contributed by atoms with Gasteiger partial charge in [0.1, 0.15) is 18.2 Å². The van der Waals surface area contributed by atoms with Gasteiger partial charge in [-0.05, 0) is 26.2 Å². The van der Waals surface area contributed by atoms with Gasteiger partial charge in [0.25, 0.3) is 0 Å². The molecule has 0 aromatic carbocycles. The molecule has 0 atom stereocenters. The smallest absolute Gasteiger partial charge is 0.158 e. The van der Waals surface area contributed by atoms with Crippen molar-refractivity contribution in [3.8, 4) is 0 Å². The first-order chi connectivity index (χ1) is 10.2. The minimum Gasteiger partial charge on any atom is -0.374 e. The summed E-state index contributed by atoms with van der Waals surface area (Å²) in [4.78, 5) is 8.94. The first kappa shape index (κ1) is 17.7. The first-order valence-corrected chi connectivity index (χ1v) is 8.09. The van der Waals surface area contributed by atoms with Crippen LogP contribution in [0.4, 0.5) is 11.6 Å². The van der Waals surface area contributed by atoms with Crippen LogP contribution in [0.1, 0.15) is 52.8 Å². The van der Waals surface area contributed by atoms with Gasteiger partial charge in [-0.25, -0.2) is 9.97 Å². The van der Waals surface area contributed by atoms with E-state index in [1.807, 2.05) is 13.0 Å². The van der Waals surface area contributed by atoms with Gasteiger partial charge in [-0.2, -0.15) is 0 Å². The number of nitrogens with one attached hydrogen (secondary N) is 2. The van der Waals surface area contributed by atoms with E-state index < -0.39 is 0 Å². The largest absolute Gasteiger partial charge is 0.374 e. The molecule has 0 aliphatic carbocycles. The van der Waals surface area contributed by atoms with Crippen LogP contribution >= 0.6 is 0 Å². The molecule has 0 amide bonds. The quantitative estimate of drug-likeness (QED) is 0.610. The molecule has 5 heteroatoms. The highest BCUT2D eigenvalue weighted by Gasteiger charge is 2.04. The topological polar surface area (TPSA) is 59.1 Å². The average molecular weight is 294 g/mol. The molecule has 0 radical (unpaired) electrons. The third kappa shape index (κ3) is 7.85. The number of aromatic nitrogens is 2. The van der Waals surface area contributed by atoms with Crippen molar-refractivity contribution >= 4 is 11.6 Å². The third-order valence-corrected chi connectivity index (χ3v) is 3.08. The van der Waals surface area contributed by atoms with E-state index in [4.69, 9.17) is 4.74 Å². The standard InChI is InChI=1S/C16H30N4O/c1-5-17-14-11-15(18-10-8-7-9-13(3)4)20-16(19-14)12-21-6-2/h11,13H,5-10,12H2,1-4H3,(H2,17,18,19,20). The summed E-state index contributed by atoms with van der Waals surface area (Å²) in [6.07, 6.45) is 3.70. The summed E-state index contributed by atoms with van der Waals surface area (Å²) in [5, 5.41) is 6.62. The van der Waals surface area contributed by atoms with Gasteiger partial charge in [0, 0.05) is 25.8 Å². The fourth-order valence-electron chi connectivity index (χ4n) is 2.01. The Morgan fingerprint density at radius 2 is 1.81 bits per heavy atom. The maximum absolute atomic E-state index is 5.40. The molecule has 1 aromatic rings. The van der Waals surface area contributed by atoms with Crippen molar-refractivity contribution in [1.82, 2.24) is 9.97 Å². The highest BCUT2D eigenvalue weighted by molar-refractivity contribution is 5.47. The Labute approximate surface area is 128 Å². The Bertz CT molecular complexity index is 396. The zero-order valence-corrected chi connectivity index (χ0v) is 13.9. The lowest BCUT2D eigenvalue weighted by atomic mass is 10.1. The van der Waals surface area contributed by atoms with Crippen LogP contribution in [0.3, 0.4) is 0 Å². The van der Waals surface area contributed by atoms with Gasteiger partial charge < -0.3 is 15.4 Å². The van der Waals surface area contributed by atoms with Crippen molar-refractivity contribution in [3.63, 3.8) is 0 Å². The van der Waals surface area contributed by atoms with E-state index in [0.29, 0.717) is 13.2 Å². The zero-order chi connectivity index (χ0) is 15.5. The third-order valence-electron chi connectivity index (χ3n) is 3.08. The summed E-state index contributed by atoms with van der Waals surface area (Å²) < 4.78 is 5.40. The van der Waals surface area contributed by atoms with Crippen molar-refractivity contribution in [2.45, 2.75) is 53.6 Å². The summed E-state index contributed by atoms with van der Waals surface area (Å²) in [7, 11) is 0. The highest BCUT2D eigenvalue weighted by Crippen LogP contribution is 2.13. The van der Waals surface area contributed by atoms with E-state index >= 15 is 0 Å². The summed E-state index contributed by atoms with van der Waals surface area (Å²) >= 11 is 0. The van der Waals surface area contributed by atoms with Crippen molar-refractivity contribution < 1.29 is 4.74 Å². The lowest BCUT2D eigenvalue weighted by Gasteiger charge is -2.11. The number of hydrogen-bond acceptors (Lipinski definition) is 5. The molecule has 0 aliphatic rings. The van der Waals surface area contributed by atoms with Crippen molar-refractivity contribution in [2.24, 2.45) is 5.92 Å². The number of hydrogen-bond donors (Lipinski definition) is 2. The molecule has 0 saturated heterocycles. The molecule has 0 aliphatic heterocycles. The Morgan fingerprint density at radius 3 is 2.43 bits per heavy atom. The molecule has 1 aromatic heterocycles. The molecule has 0 spiro atoms. The lowest BCUT2D eigenvalue weighted by molar-refractivity contribution is 0.128. The van der Waals surface area contributed by atoms with Gasteiger partial charge in [0.2, 0.25) is 0 Å². The van der Waals surface area contributed by atoms with E-state index in [1.165, 1.54) is 19.3 Å². The van der Waals surface area contributed by atoms with Crippen LogP contribution in [-0.2, 0) is 11.3 Å². The summed E-state index contributed by atoms with van der Waals surface area (Å²) in [5.41, 5.74) is 0. The predicted molar refractivity (Wildman–Crippen MR) is 88.7 cm³/mol. The van der Waals surface area contributed by atoms with Crippen molar-refractivity contribution in [1.29, 1.82) is 0 Å². The molecule has 1 rings (SSSR count). The van der Waals surface area contributed by atoms with E-state index in [0.717, 1.165) is 36.5 Å². The molecule has 2 N–H and O–H groups in total. The average Bonchev–Trinajstić information content (AvgIpc) is 2.44. The van der Waals surface area contributed by atoms with Crippen LogP contribution in [0.2, 0.25) is 0 Å². The highest BCUT2D eigenvalue weighted by atomic mass is 16.5. The van der Waals surface area contributed by atoms with Crippen LogP contribution in [-0.4, -0.2) is 29.7 Å². The lowest BCUT2D eigenvalue weighted by Crippen LogP contribution is -2.10. The molecule has 120 valence electrons. The molecule has 0 unspecified atom stereocenters. The van der Waals surface area contributed by atoms with Crippen molar-refractivity contribution in [2.75, 3.05) is 30.3 Å². The second-order valence-corrected chi connectivity index (χ2v) is 5.54. The summed E-state index contributed by atoms with van der Waals surface area (Å²) in [6.45, 7) is 11.5. The van der Waals surface area contributed by atoms with Crippen LogP contribution in [0.5, 0.6) is 0 Å². The van der Waals surface area contributed by atoms with E-state index in [1.54, 1.807) is 0 Å². The van der Waals surface area contributed by atoms with Gasteiger partial charge in [0.15, 0.2) is 5.82 Å². The number of ether oxygens (including phenoxy) is 1. The Kier molecular flexibility index (Phi) is 8.74. The SMILES string of the molecule is CCNc1cc(NCCCCC(C)C)nc(COCC)n1. The molecule has 21 heavy (non-hydrogen) atoms. The van der Waals surface area contributed by atoms with E-state index in [9.17, 15) is 0 Å². The minimum atomic E-state index is 0.456. The second-order valence-electron chi connectivity index (χ2n) is 5.54. The van der Waals surface area contributed by atoms with E-state index in [2.05, 4.69) is 41.4 Å². The molecule has 1 heterocycles. The molecule has 0 bridgehead atoms. The monoisotopic (exact) mass is 294 g/mol. The number of anilines is 2. The first-order valence-electron chi connectivity index (χ1n) is 8.09. The maximum atomic E-state index is 5.40. The Hall–Kier alpha value is -1.36. The molecule has 0 saturated carbocycles. The number of rotatable bonds is 11. The fourth-order valence-corrected chi connectivity index (χ4v) is 2.01. The normalized spacial score (nSPS) is 10.9. The minimum absolute atomic E-state index is 0.456. The van der Waals surface area contributed by atoms with Crippen molar-refractivity contribution in [3.05, 3.63) is 11.9 Å². The molecular formula is C16H30N4O. The van der Waals surface area contributed by atoms with Gasteiger partial charge in [-0.1, -0.05) is 26.7 Å². The van der Waals surface area contributed by atoms with Crippen LogP contribution < -0.4 is 10.6 Å². The predicted octanol–water partition coefficient (Wildman–Crippen LogP) is 3.68. The molecule has 5 nitrogen and oxygen atoms in total. The summed E-state index contributed by atoms with van der Waals surface area (Å²) in [6, 6.07) is 1.96. The number of nitrogens with zero attached hydrogens (tertiary/aromatic N) is 2. The molecule has 0 fully saturated rings. The van der Waals surface area contributed by atoms with E-state index in [-0.39, 0.29) is 0 Å². The maximum Gasteiger partial charge on any atom is 0.158 e. The fraction of sp³-hybridized carbons (Fsp3) is 0.750. The Morgan fingerprint density at radius 1 is 1.10 bits per heavy atom. The second kappa shape index (κ2) is 10.4. The van der Waals surface area contributed by atoms with Crippen LogP contribution in [0.15, 0.2) is 6.07 Å². The Balaban J connectivity index is 2.52.